The molecular formula is C14H20N2O4P+. The van der Waals surface area contributed by atoms with Crippen molar-refractivity contribution in [2.75, 3.05) is 0 Å². The highest BCUT2D eigenvalue weighted by Gasteiger charge is 2.22. The predicted molar refractivity (Wildman–Crippen MR) is 78.3 cm³/mol. The molecule has 0 aromatic heterocycles. The van der Waals surface area contributed by atoms with Crippen LogP contribution in [0.5, 0.6) is 5.75 Å². The summed E-state index contributed by atoms with van der Waals surface area (Å²) in [6, 6.07) is 2.91. The molecule has 1 aromatic rings. The molecule has 1 aromatic carbocycles. The molecule has 0 aliphatic rings. The largest absolute Gasteiger partial charge is 0.406 e. The van der Waals surface area contributed by atoms with E-state index in [2.05, 4.69) is 12.7 Å². The van der Waals surface area contributed by atoms with Crippen LogP contribution in [-0.4, -0.2) is 11.8 Å². The minimum absolute atomic E-state index is 0.138. The van der Waals surface area contributed by atoms with Gasteiger partial charge in [-0.25, -0.2) is 9.36 Å². The lowest BCUT2D eigenvalue weighted by molar-refractivity contribution is -0.255. The Morgan fingerprint density at radius 2 is 1.90 bits per heavy atom. The van der Waals surface area contributed by atoms with E-state index in [1.807, 2.05) is 0 Å². The van der Waals surface area contributed by atoms with Gasteiger partial charge < -0.3 is 10.3 Å². The Balaban J connectivity index is 3.23. The summed E-state index contributed by atoms with van der Waals surface area (Å²) in [6.45, 7) is 2.10. The molecule has 2 amide bonds. The first-order valence-electron chi connectivity index (χ1n) is 6.84. The number of carbonyl (C=O) groups is 2. The van der Waals surface area contributed by atoms with Gasteiger partial charge in [0.2, 0.25) is 5.91 Å². The molecule has 0 saturated heterocycles. The SMILES string of the molecule is CCCCCCc1c(C(N)=O)ccc(C([NH3+])=O)c1OP=O. The third-order valence-electron chi connectivity index (χ3n) is 3.24. The Morgan fingerprint density at radius 3 is 2.43 bits per heavy atom. The maximum absolute atomic E-state index is 11.5. The number of primary amides is 1. The molecule has 114 valence electrons. The maximum Gasteiger partial charge on any atom is 0.395 e. The van der Waals surface area contributed by atoms with E-state index in [-0.39, 0.29) is 16.9 Å². The number of carbonyl (C=O) groups excluding carboxylic acids is 2. The summed E-state index contributed by atoms with van der Waals surface area (Å²) in [5.41, 5.74) is 9.71. The average Bonchev–Trinajstić information content (AvgIpc) is 2.44. The average molecular weight is 311 g/mol. The molecule has 0 heterocycles. The highest BCUT2D eigenvalue weighted by atomic mass is 31.1. The smallest absolute Gasteiger partial charge is 0.395 e. The summed E-state index contributed by atoms with van der Waals surface area (Å²) in [5, 5.41) is 0. The number of nitrogens with two attached hydrogens (primary N) is 1. The zero-order valence-corrected chi connectivity index (χ0v) is 12.9. The van der Waals surface area contributed by atoms with Gasteiger partial charge in [0.25, 0.3) is 0 Å². The number of hydrogen-bond acceptors (Lipinski definition) is 4. The molecule has 0 atom stereocenters. The fourth-order valence-corrected chi connectivity index (χ4v) is 2.48. The summed E-state index contributed by atoms with van der Waals surface area (Å²) >= 11 is 0. The van der Waals surface area contributed by atoms with Gasteiger partial charge in [0.15, 0.2) is 5.75 Å². The fourth-order valence-electron chi connectivity index (χ4n) is 2.20. The molecule has 0 aliphatic carbocycles. The topological polar surface area (TPSA) is 114 Å². The Morgan fingerprint density at radius 1 is 1.24 bits per heavy atom. The number of rotatable bonds is 9. The van der Waals surface area contributed by atoms with Crippen molar-refractivity contribution in [3.05, 3.63) is 28.8 Å². The molecule has 0 unspecified atom stereocenters. The van der Waals surface area contributed by atoms with Gasteiger partial charge in [-0.2, -0.15) is 0 Å². The van der Waals surface area contributed by atoms with E-state index in [4.69, 9.17) is 10.3 Å². The van der Waals surface area contributed by atoms with Crippen LogP contribution in [0.4, 0.5) is 0 Å². The molecule has 6 nitrogen and oxygen atoms in total. The van der Waals surface area contributed by atoms with Gasteiger partial charge in [0.05, 0.1) is 0 Å². The van der Waals surface area contributed by atoms with Crippen molar-refractivity contribution in [2.24, 2.45) is 5.73 Å². The van der Waals surface area contributed by atoms with Crippen molar-refractivity contribution < 1.29 is 24.4 Å². The number of hydrogen-bond donors (Lipinski definition) is 2. The first-order valence-corrected chi connectivity index (χ1v) is 7.57. The van der Waals surface area contributed by atoms with Crippen LogP contribution in [0, 0.1) is 0 Å². The lowest BCUT2D eigenvalue weighted by atomic mass is 9.96. The van der Waals surface area contributed by atoms with E-state index in [9.17, 15) is 14.2 Å². The summed E-state index contributed by atoms with van der Waals surface area (Å²) in [4.78, 5) is 23.1. The van der Waals surface area contributed by atoms with Gasteiger partial charge in [-0.3, -0.25) is 10.5 Å². The van der Waals surface area contributed by atoms with Crippen molar-refractivity contribution >= 4 is 20.5 Å². The van der Waals surface area contributed by atoms with Crippen LogP contribution >= 0.6 is 8.69 Å². The van der Waals surface area contributed by atoms with E-state index in [1.165, 1.54) is 12.1 Å². The number of benzene rings is 1. The normalized spacial score (nSPS) is 10.6. The lowest BCUT2D eigenvalue weighted by Crippen LogP contribution is -2.56. The van der Waals surface area contributed by atoms with Gasteiger partial charge in [-0.1, -0.05) is 26.2 Å². The van der Waals surface area contributed by atoms with Crippen LogP contribution in [0.3, 0.4) is 0 Å². The van der Waals surface area contributed by atoms with Crippen molar-refractivity contribution in [1.82, 2.24) is 0 Å². The van der Waals surface area contributed by atoms with Crippen LogP contribution in [-0.2, 0) is 11.0 Å². The number of unbranched alkanes of at least 4 members (excludes halogenated alkanes) is 3. The highest BCUT2D eigenvalue weighted by Crippen LogP contribution is 2.31. The molecule has 0 spiro atoms. The fraction of sp³-hybridized carbons (Fsp3) is 0.429. The first-order chi connectivity index (χ1) is 10.0. The second kappa shape index (κ2) is 8.49. The Hall–Kier alpha value is -1.78. The van der Waals surface area contributed by atoms with Crippen LogP contribution in [0.15, 0.2) is 12.1 Å². The summed E-state index contributed by atoms with van der Waals surface area (Å²) in [6.07, 6.45) is 4.52. The zero-order valence-electron chi connectivity index (χ0n) is 12.1. The molecule has 21 heavy (non-hydrogen) atoms. The van der Waals surface area contributed by atoms with Crippen molar-refractivity contribution in [1.29, 1.82) is 0 Å². The third-order valence-corrected chi connectivity index (χ3v) is 3.49. The first kappa shape index (κ1) is 17.3. The van der Waals surface area contributed by atoms with E-state index in [0.29, 0.717) is 12.0 Å². The number of amides is 2. The third kappa shape index (κ3) is 4.62. The standard InChI is InChI=1S/C14H19N2O4P/c1-2-3-4-5-6-9-10(13(15)17)7-8-11(14(16)18)12(9)20-21-19/h7-8H,2-6H2,1H3,(H2,15,17)(H2,16,18)/p+1. The zero-order chi connectivity index (χ0) is 15.8. The minimum Gasteiger partial charge on any atom is -0.406 e. The van der Waals surface area contributed by atoms with Crippen molar-refractivity contribution in [3.8, 4) is 5.75 Å². The van der Waals surface area contributed by atoms with Crippen LogP contribution in [0.25, 0.3) is 0 Å². The van der Waals surface area contributed by atoms with E-state index in [1.54, 1.807) is 0 Å². The van der Waals surface area contributed by atoms with E-state index < -0.39 is 20.5 Å². The van der Waals surface area contributed by atoms with Gasteiger partial charge in [-0.05, 0) is 25.0 Å². The van der Waals surface area contributed by atoms with Gasteiger partial charge >= 0.3 is 14.6 Å². The maximum atomic E-state index is 11.5. The highest BCUT2D eigenvalue weighted by molar-refractivity contribution is 7.17. The quantitative estimate of drug-likeness (QED) is 0.535. The Bertz CT molecular complexity index is 546. The summed E-state index contributed by atoms with van der Waals surface area (Å²) < 4.78 is 15.8. The van der Waals surface area contributed by atoms with Crippen LogP contribution in [0.1, 0.15) is 58.9 Å². The second-order valence-electron chi connectivity index (χ2n) is 4.73. The molecule has 0 bridgehead atoms. The Labute approximate surface area is 125 Å². The summed E-state index contributed by atoms with van der Waals surface area (Å²) in [5.74, 6) is -0.921. The van der Waals surface area contributed by atoms with Gasteiger partial charge in [0, 0.05) is 11.1 Å². The predicted octanol–water partition coefficient (Wildman–Crippen LogP) is 1.88. The molecular weight excluding hydrogens is 291 g/mol. The summed E-state index contributed by atoms with van der Waals surface area (Å²) in [7, 11) is -0.592. The monoisotopic (exact) mass is 311 g/mol. The molecule has 0 radical (unpaired) electrons. The van der Waals surface area contributed by atoms with E-state index >= 15 is 0 Å². The van der Waals surface area contributed by atoms with Crippen LogP contribution in [0.2, 0.25) is 0 Å². The molecule has 1 rings (SSSR count). The van der Waals surface area contributed by atoms with E-state index in [0.717, 1.165) is 25.7 Å². The number of quaternary nitrogens is 1. The molecule has 5 N–H and O–H groups in total. The molecule has 0 aliphatic heterocycles. The Kier molecular flexibility index (Phi) is 6.99. The molecule has 7 heteroatoms. The minimum atomic E-state index is -0.601. The van der Waals surface area contributed by atoms with Gasteiger partial charge in [0.1, 0.15) is 5.56 Å². The van der Waals surface area contributed by atoms with Crippen molar-refractivity contribution in [2.45, 2.75) is 39.0 Å². The van der Waals surface area contributed by atoms with Gasteiger partial charge in [-0.15, -0.1) is 0 Å². The lowest BCUT2D eigenvalue weighted by Gasteiger charge is -2.13. The van der Waals surface area contributed by atoms with Crippen LogP contribution < -0.4 is 16.0 Å². The molecule has 0 fully saturated rings. The van der Waals surface area contributed by atoms with Crippen molar-refractivity contribution in [3.63, 3.8) is 0 Å². The second-order valence-corrected chi connectivity index (χ2v) is 5.06. The molecule has 0 saturated carbocycles.